The maximum atomic E-state index is 12.2. The van der Waals surface area contributed by atoms with Crippen molar-refractivity contribution in [3.63, 3.8) is 0 Å². The first-order valence-electron chi connectivity index (χ1n) is 7.24. The molecule has 112 valence electrons. The molecule has 20 heavy (non-hydrogen) atoms. The van der Waals surface area contributed by atoms with Gasteiger partial charge in [-0.05, 0) is 38.0 Å². The Labute approximate surface area is 122 Å². The summed E-state index contributed by atoms with van der Waals surface area (Å²) in [4.78, 5) is 14.0. The van der Waals surface area contributed by atoms with E-state index < -0.39 is 0 Å². The zero-order chi connectivity index (χ0) is 15.0. The predicted octanol–water partition coefficient (Wildman–Crippen LogP) is 2.43. The molecular weight excluding hydrogens is 252 g/mol. The minimum Gasteiger partial charge on any atom is -0.497 e. The van der Waals surface area contributed by atoms with Crippen molar-refractivity contribution < 1.29 is 9.53 Å². The zero-order valence-electron chi connectivity index (χ0n) is 13.0. The second kappa shape index (κ2) is 8.59. The van der Waals surface area contributed by atoms with Gasteiger partial charge in [0, 0.05) is 19.1 Å². The van der Waals surface area contributed by atoms with E-state index in [4.69, 9.17) is 4.74 Å². The third kappa shape index (κ3) is 5.21. The van der Waals surface area contributed by atoms with Crippen molar-refractivity contribution in [3.8, 4) is 5.75 Å². The van der Waals surface area contributed by atoms with Crippen LogP contribution in [0.3, 0.4) is 0 Å². The lowest BCUT2D eigenvalue weighted by Crippen LogP contribution is -2.40. The van der Waals surface area contributed by atoms with Crippen LogP contribution in [0.15, 0.2) is 24.3 Å². The first-order valence-corrected chi connectivity index (χ1v) is 7.24. The molecule has 1 unspecified atom stereocenters. The molecular formula is C16H26N2O2. The van der Waals surface area contributed by atoms with E-state index in [1.165, 1.54) is 0 Å². The van der Waals surface area contributed by atoms with E-state index in [1.54, 1.807) is 7.11 Å². The number of hydrogen-bond acceptors (Lipinski definition) is 3. The molecule has 0 aliphatic rings. The number of hydrogen-bond donors (Lipinski definition) is 1. The monoisotopic (exact) mass is 278 g/mol. The summed E-state index contributed by atoms with van der Waals surface area (Å²) in [6.07, 6.45) is 1.03. The summed E-state index contributed by atoms with van der Waals surface area (Å²) in [5.74, 6) is 0.977. The summed E-state index contributed by atoms with van der Waals surface area (Å²) >= 11 is 0. The number of nitrogens with one attached hydrogen (secondary N) is 1. The smallest absolute Gasteiger partial charge is 0.236 e. The van der Waals surface area contributed by atoms with Crippen LogP contribution in [-0.4, -0.2) is 37.0 Å². The van der Waals surface area contributed by atoms with Gasteiger partial charge in [0.1, 0.15) is 5.75 Å². The number of likely N-dealkylation sites (N-methyl/N-ethyl adjacent to an activating group) is 1. The van der Waals surface area contributed by atoms with E-state index in [0.717, 1.165) is 17.7 Å². The summed E-state index contributed by atoms with van der Waals surface area (Å²) in [7, 11) is 1.65. The van der Waals surface area contributed by atoms with Crippen molar-refractivity contribution >= 4 is 5.91 Å². The number of benzene rings is 1. The summed E-state index contributed by atoms with van der Waals surface area (Å²) in [6.45, 7) is 7.96. The van der Waals surface area contributed by atoms with Gasteiger partial charge in [-0.2, -0.15) is 0 Å². The highest BCUT2D eigenvalue weighted by molar-refractivity contribution is 5.78. The Balaban J connectivity index is 2.54. The van der Waals surface area contributed by atoms with Gasteiger partial charge in [-0.3, -0.25) is 4.79 Å². The topological polar surface area (TPSA) is 41.6 Å². The number of ether oxygens (including phenoxy) is 1. The highest BCUT2D eigenvalue weighted by Crippen LogP contribution is 2.13. The van der Waals surface area contributed by atoms with Gasteiger partial charge in [0.25, 0.3) is 0 Å². The molecule has 1 aromatic rings. The average Bonchev–Trinajstić information content (AvgIpc) is 2.50. The maximum Gasteiger partial charge on any atom is 0.236 e. The molecule has 0 radical (unpaired) electrons. The van der Waals surface area contributed by atoms with E-state index in [9.17, 15) is 4.79 Å². The Morgan fingerprint density at radius 3 is 2.45 bits per heavy atom. The third-order valence-corrected chi connectivity index (χ3v) is 3.48. The van der Waals surface area contributed by atoms with Crippen molar-refractivity contribution in [2.24, 2.45) is 0 Å². The molecule has 1 N–H and O–H groups in total. The number of methoxy groups -OCH3 is 1. The fraction of sp³-hybridized carbons (Fsp3) is 0.562. The highest BCUT2D eigenvalue weighted by atomic mass is 16.5. The van der Waals surface area contributed by atoms with Crippen LogP contribution in [0, 0.1) is 0 Å². The molecule has 0 bridgehead atoms. The normalized spacial score (nSPS) is 12.0. The molecule has 4 heteroatoms. The molecule has 0 heterocycles. The molecule has 0 aromatic heterocycles. The van der Waals surface area contributed by atoms with Gasteiger partial charge in [0.2, 0.25) is 5.91 Å². The maximum absolute atomic E-state index is 12.2. The fourth-order valence-corrected chi connectivity index (χ4v) is 1.85. The number of rotatable bonds is 8. The summed E-state index contributed by atoms with van der Waals surface area (Å²) in [5.41, 5.74) is 1.12. The van der Waals surface area contributed by atoms with E-state index in [2.05, 4.69) is 19.2 Å². The summed E-state index contributed by atoms with van der Waals surface area (Å²) in [5, 5.41) is 3.24. The van der Waals surface area contributed by atoms with Crippen LogP contribution in [0.4, 0.5) is 0 Å². The van der Waals surface area contributed by atoms with Crippen LogP contribution < -0.4 is 10.1 Å². The van der Waals surface area contributed by atoms with Gasteiger partial charge in [0.05, 0.1) is 13.7 Å². The van der Waals surface area contributed by atoms with Crippen molar-refractivity contribution in [2.75, 3.05) is 20.2 Å². The Hall–Kier alpha value is -1.55. The van der Waals surface area contributed by atoms with Gasteiger partial charge in [-0.25, -0.2) is 0 Å². The second-order valence-electron chi connectivity index (χ2n) is 4.95. The van der Waals surface area contributed by atoms with Crippen LogP contribution in [0.2, 0.25) is 0 Å². The SMILES string of the molecule is CCC(C)NCC(=O)N(CC)Cc1ccc(OC)cc1. The van der Waals surface area contributed by atoms with Gasteiger partial charge in [0.15, 0.2) is 0 Å². The molecule has 0 spiro atoms. The first-order chi connectivity index (χ1) is 9.60. The minimum absolute atomic E-state index is 0.142. The number of amides is 1. The highest BCUT2D eigenvalue weighted by Gasteiger charge is 2.12. The van der Waals surface area contributed by atoms with E-state index in [1.807, 2.05) is 36.1 Å². The van der Waals surface area contributed by atoms with Crippen molar-refractivity contribution in [1.82, 2.24) is 10.2 Å². The van der Waals surface area contributed by atoms with Gasteiger partial charge in [-0.15, -0.1) is 0 Å². The zero-order valence-corrected chi connectivity index (χ0v) is 13.0. The molecule has 0 saturated heterocycles. The molecule has 1 aromatic carbocycles. The van der Waals surface area contributed by atoms with E-state index >= 15 is 0 Å². The molecule has 4 nitrogen and oxygen atoms in total. The molecule has 0 saturated carbocycles. The fourth-order valence-electron chi connectivity index (χ4n) is 1.85. The van der Waals surface area contributed by atoms with Crippen molar-refractivity contribution in [3.05, 3.63) is 29.8 Å². The van der Waals surface area contributed by atoms with E-state index in [0.29, 0.717) is 25.7 Å². The molecule has 0 aliphatic carbocycles. The Bertz CT molecular complexity index is 403. The molecule has 0 fully saturated rings. The Kier molecular flexibility index (Phi) is 7.09. The van der Waals surface area contributed by atoms with Gasteiger partial charge < -0.3 is 15.0 Å². The Morgan fingerprint density at radius 1 is 1.30 bits per heavy atom. The van der Waals surface area contributed by atoms with Gasteiger partial charge >= 0.3 is 0 Å². The van der Waals surface area contributed by atoms with Crippen LogP contribution in [-0.2, 0) is 11.3 Å². The van der Waals surface area contributed by atoms with E-state index in [-0.39, 0.29) is 5.91 Å². The molecule has 0 aliphatic heterocycles. The number of nitrogens with zero attached hydrogens (tertiary/aromatic N) is 1. The van der Waals surface area contributed by atoms with Crippen LogP contribution in [0.5, 0.6) is 5.75 Å². The summed E-state index contributed by atoms with van der Waals surface area (Å²) < 4.78 is 5.13. The average molecular weight is 278 g/mol. The predicted molar refractivity (Wildman–Crippen MR) is 81.8 cm³/mol. The second-order valence-corrected chi connectivity index (χ2v) is 4.95. The largest absolute Gasteiger partial charge is 0.497 e. The molecule has 1 amide bonds. The lowest BCUT2D eigenvalue weighted by atomic mass is 10.2. The van der Waals surface area contributed by atoms with Crippen molar-refractivity contribution in [1.29, 1.82) is 0 Å². The quantitative estimate of drug-likeness (QED) is 0.794. The van der Waals surface area contributed by atoms with Crippen molar-refractivity contribution in [2.45, 2.75) is 39.8 Å². The van der Waals surface area contributed by atoms with Gasteiger partial charge in [-0.1, -0.05) is 19.1 Å². The molecule has 1 atom stereocenters. The molecule has 1 rings (SSSR count). The van der Waals surface area contributed by atoms with Crippen LogP contribution in [0.25, 0.3) is 0 Å². The number of carbonyl (C=O) groups excluding carboxylic acids is 1. The number of carbonyl (C=O) groups is 1. The lowest BCUT2D eigenvalue weighted by molar-refractivity contribution is -0.130. The lowest BCUT2D eigenvalue weighted by Gasteiger charge is -2.22. The van der Waals surface area contributed by atoms with Crippen LogP contribution in [0.1, 0.15) is 32.8 Å². The van der Waals surface area contributed by atoms with Crippen LogP contribution >= 0.6 is 0 Å². The third-order valence-electron chi connectivity index (χ3n) is 3.48. The first kappa shape index (κ1) is 16.5. The summed E-state index contributed by atoms with van der Waals surface area (Å²) in [6, 6.07) is 8.21. The minimum atomic E-state index is 0.142. The standard InChI is InChI=1S/C16H26N2O2/c1-5-13(3)17-11-16(19)18(6-2)12-14-7-9-15(20-4)10-8-14/h7-10,13,17H,5-6,11-12H2,1-4H3. The Morgan fingerprint density at radius 2 is 1.95 bits per heavy atom.